The molecular formula is C17H21N3O2. The van der Waals surface area contributed by atoms with Crippen LogP contribution in [-0.4, -0.2) is 36.0 Å². The third-order valence-corrected chi connectivity index (χ3v) is 3.59. The minimum atomic E-state index is -0.0445. The zero-order valence-corrected chi connectivity index (χ0v) is 12.6. The maximum atomic E-state index is 5.66. The molecule has 5 heteroatoms. The van der Waals surface area contributed by atoms with Crippen LogP contribution in [0.1, 0.15) is 19.3 Å². The van der Waals surface area contributed by atoms with E-state index in [9.17, 15) is 0 Å². The summed E-state index contributed by atoms with van der Waals surface area (Å²) in [7, 11) is 0. The van der Waals surface area contributed by atoms with Crippen LogP contribution in [0.5, 0.6) is 0 Å². The SMILES string of the molecule is c1ccc(-c2cnc(NCCOC3CCCCO3)nc2)cc1. The first-order valence-electron chi connectivity index (χ1n) is 7.76. The number of anilines is 1. The Kier molecular flexibility index (Phi) is 5.34. The van der Waals surface area contributed by atoms with E-state index < -0.39 is 0 Å². The summed E-state index contributed by atoms with van der Waals surface area (Å²) in [6.07, 6.45) is 6.92. The van der Waals surface area contributed by atoms with Gasteiger partial charge in [-0.15, -0.1) is 0 Å². The van der Waals surface area contributed by atoms with Gasteiger partial charge in [0.15, 0.2) is 6.29 Å². The predicted molar refractivity (Wildman–Crippen MR) is 85.5 cm³/mol. The van der Waals surface area contributed by atoms with E-state index in [1.165, 1.54) is 6.42 Å². The summed E-state index contributed by atoms with van der Waals surface area (Å²) >= 11 is 0. The van der Waals surface area contributed by atoms with Gasteiger partial charge in [0, 0.05) is 31.1 Å². The Morgan fingerprint density at radius 2 is 1.91 bits per heavy atom. The van der Waals surface area contributed by atoms with Gasteiger partial charge >= 0.3 is 0 Å². The number of nitrogens with zero attached hydrogens (tertiary/aromatic N) is 2. The van der Waals surface area contributed by atoms with Gasteiger partial charge < -0.3 is 14.8 Å². The van der Waals surface area contributed by atoms with Crippen molar-refractivity contribution in [3.05, 3.63) is 42.7 Å². The third kappa shape index (κ3) is 4.26. The molecule has 0 radical (unpaired) electrons. The molecule has 0 saturated carbocycles. The quantitative estimate of drug-likeness (QED) is 0.831. The highest BCUT2D eigenvalue weighted by Crippen LogP contribution is 2.17. The molecule has 22 heavy (non-hydrogen) atoms. The lowest BCUT2D eigenvalue weighted by atomic mass is 10.1. The van der Waals surface area contributed by atoms with Gasteiger partial charge in [-0.05, 0) is 24.8 Å². The van der Waals surface area contributed by atoms with Gasteiger partial charge in [-0.2, -0.15) is 0 Å². The molecule has 1 N–H and O–H groups in total. The van der Waals surface area contributed by atoms with Crippen LogP contribution in [0.4, 0.5) is 5.95 Å². The third-order valence-electron chi connectivity index (χ3n) is 3.59. The molecule has 1 fully saturated rings. The monoisotopic (exact) mass is 299 g/mol. The number of nitrogens with one attached hydrogen (secondary N) is 1. The van der Waals surface area contributed by atoms with Crippen molar-refractivity contribution in [2.24, 2.45) is 0 Å². The van der Waals surface area contributed by atoms with Crippen LogP contribution in [0.15, 0.2) is 42.7 Å². The van der Waals surface area contributed by atoms with Crippen LogP contribution in [0.2, 0.25) is 0 Å². The molecule has 0 amide bonds. The van der Waals surface area contributed by atoms with Gasteiger partial charge in [-0.3, -0.25) is 0 Å². The van der Waals surface area contributed by atoms with Crippen LogP contribution in [-0.2, 0) is 9.47 Å². The van der Waals surface area contributed by atoms with E-state index in [1.54, 1.807) is 0 Å². The second-order valence-electron chi connectivity index (χ2n) is 5.26. The van der Waals surface area contributed by atoms with E-state index in [0.717, 1.165) is 30.6 Å². The van der Waals surface area contributed by atoms with E-state index in [2.05, 4.69) is 15.3 Å². The number of hydrogen-bond donors (Lipinski definition) is 1. The van der Waals surface area contributed by atoms with Gasteiger partial charge in [0.1, 0.15) is 0 Å². The Hall–Kier alpha value is -1.98. The van der Waals surface area contributed by atoms with Crippen molar-refractivity contribution in [1.82, 2.24) is 9.97 Å². The topological polar surface area (TPSA) is 56.3 Å². The zero-order valence-electron chi connectivity index (χ0n) is 12.6. The fourth-order valence-corrected chi connectivity index (χ4v) is 2.39. The van der Waals surface area contributed by atoms with Crippen molar-refractivity contribution >= 4 is 5.95 Å². The van der Waals surface area contributed by atoms with E-state index in [0.29, 0.717) is 19.1 Å². The number of ether oxygens (including phenoxy) is 2. The Morgan fingerprint density at radius 1 is 1.09 bits per heavy atom. The molecule has 1 unspecified atom stereocenters. The molecule has 5 nitrogen and oxygen atoms in total. The highest BCUT2D eigenvalue weighted by Gasteiger charge is 2.13. The number of rotatable bonds is 6. The molecule has 0 spiro atoms. The maximum Gasteiger partial charge on any atom is 0.222 e. The van der Waals surface area contributed by atoms with Crippen LogP contribution in [0.25, 0.3) is 11.1 Å². The van der Waals surface area contributed by atoms with Crippen molar-refractivity contribution in [3.63, 3.8) is 0 Å². The van der Waals surface area contributed by atoms with E-state index in [4.69, 9.17) is 9.47 Å². The summed E-state index contributed by atoms with van der Waals surface area (Å²) in [6.45, 7) is 2.07. The molecule has 0 aliphatic carbocycles. The minimum Gasteiger partial charge on any atom is -0.353 e. The lowest BCUT2D eigenvalue weighted by molar-refractivity contribution is -0.159. The average molecular weight is 299 g/mol. The first-order valence-corrected chi connectivity index (χ1v) is 7.76. The lowest BCUT2D eigenvalue weighted by Gasteiger charge is -2.22. The number of benzene rings is 1. The number of hydrogen-bond acceptors (Lipinski definition) is 5. The first kappa shape index (κ1) is 14.9. The second-order valence-corrected chi connectivity index (χ2v) is 5.26. The number of aromatic nitrogens is 2. The Balaban J connectivity index is 1.43. The standard InChI is InChI=1S/C17H21N3O2/c1-2-6-14(7-3-1)15-12-19-17(20-13-15)18-9-11-22-16-8-4-5-10-21-16/h1-3,6-7,12-13,16H,4-5,8-11H2,(H,18,19,20). The van der Waals surface area contributed by atoms with Crippen molar-refractivity contribution < 1.29 is 9.47 Å². The second kappa shape index (κ2) is 7.87. The van der Waals surface area contributed by atoms with E-state index >= 15 is 0 Å². The van der Waals surface area contributed by atoms with E-state index in [1.807, 2.05) is 42.7 Å². The van der Waals surface area contributed by atoms with Crippen LogP contribution >= 0.6 is 0 Å². The zero-order chi connectivity index (χ0) is 15.0. The van der Waals surface area contributed by atoms with Gasteiger partial charge in [0.25, 0.3) is 0 Å². The Labute approximate surface area is 130 Å². The maximum absolute atomic E-state index is 5.66. The molecule has 116 valence electrons. The molecule has 1 aliphatic heterocycles. The summed E-state index contributed by atoms with van der Waals surface area (Å²) in [5.74, 6) is 0.618. The molecule has 1 saturated heterocycles. The Bertz CT molecular complexity index is 554. The predicted octanol–water partition coefficient (Wildman–Crippen LogP) is 3.10. The molecule has 1 aliphatic rings. The van der Waals surface area contributed by atoms with Crippen LogP contribution in [0, 0.1) is 0 Å². The molecule has 0 bridgehead atoms. The summed E-state index contributed by atoms with van der Waals surface area (Å²) in [6, 6.07) is 10.1. The molecule has 1 aromatic heterocycles. The fraction of sp³-hybridized carbons (Fsp3) is 0.412. The lowest BCUT2D eigenvalue weighted by Crippen LogP contribution is -2.25. The van der Waals surface area contributed by atoms with Crippen molar-refractivity contribution in [1.29, 1.82) is 0 Å². The molecule has 1 atom stereocenters. The summed E-state index contributed by atoms with van der Waals surface area (Å²) in [4.78, 5) is 8.66. The molecule has 2 aromatic rings. The van der Waals surface area contributed by atoms with Crippen molar-refractivity contribution in [3.8, 4) is 11.1 Å². The van der Waals surface area contributed by atoms with Gasteiger partial charge in [-0.25, -0.2) is 9.97 Å². The smallest absolute Gasteiger partial charge is 0.222 e. The van der Waals surface area contributed by atoms with Gasteiger partial charge in [0.2, 0.25) is 5.95 Å². The summed E-state index contributed by atoms with van der Waals surface area (Å²) in [5.41, 5.74) is 2.13. The normalized spacial score (nSPS) is 18.1. The van der Waals surface area contributed by atoms with Crippen LogP contribution in [0.3, 0.4) is 0 Å². The largest absolute Gasteiger partial charge is 0.353 e. The average Bonchev–Trinajstić information content (AvgIpc) is 2.61. The summed E-state index contributed by atoms with van der Waals surface area (Å²) < 4.78 is 11.2. The van der Waals surface area contributed by atoms with Crippen molar-refractivity contribution in [2.75, 3.05) is 25.1 Å². The molecule has 2 heterocycles. The molecule has 1 aromatic carbocycles. The Morgan fingerprint density at radius 3 is 2.64 bits per heavy atom. The first-order chi connectivity index (χ1) is 10.9. The van der Waals surface area contributed by atoms with Gasteiger partial charge in [-0.1, -0.05) is 30.3 Å². The van der Waals surface area contributed by atoms with E-state index in [-0.39, 0.29) is 6.29 Å². The highest BCUT2D eigenvalue weighted by molar-refractivity contribution is 5.61. The van der Waals surface area contributed by atoms with Crippen LogP contribution < -0.4 is 5.32 Å². The summed E-state index contributed by atoms with van der Waals surface area (Å²) in [5, 5.41) is 3.16. The fourth-order valence-electron chi connectivity index (χ4n) is 2.39. The molecule has 3 rings (SSSR count). The van der Waals surface area contributed by atoms with Gasteiger partial charge in [0.05, 0.1) is 6.61 Å². The minimum absolute atomic E-state index is 0.0445. The van der Waals surface area contributed by atoms with Crippen molar-refractivity contribution in [2.45, 2.75) is 25.6 Å². The molecular weight excluding hydrogens is 278 g/mol. The highest BCUT2D eigenvalue weighted by atomic mass is 16.7.